The van der Waals surface area contributed by atoms with Crippen molar-refractivity contribution in [1.82, 2.24) is 9.80 Å². The minimum Gasteiger partial charge on any atom is -0.489 e. The molecule has 0 bridgehead atoms. The van der Waals surface area contributed by atoms with Crippen molar-refractivity contribution in [3.8, 4) is 5.75 Å². The Morgan fingerprint density at radius 1 is 1.10 bits per heavy atom. The molecule has 4 nitrogen and oxygen atoms in total. The molecular weight excluding hydrogens is 452 g/mol. The van der Waals surface area contributed by atoms with E-state index in [2.05, 4.69) is 4.90 Å². The van der Waals surface area contributed by atoms with Crippen LogP contribution in [0.3, 0.4) is 0 Å². The second-order valence-electron chi connectivity index (χ2n) is 7.70. The van der Waals surface area contributed by atoms with Gasteiger partial charge in [0.15, 0.2) is 0 Å². The van der Waals surface area contributed by atoms with Gasteiger partial charge in [-0.15, -0.1) is 0 Å². The van der Waals surface area contributed by atoms with Gasteiger partial charge in [-0.05, 0) is 35.4 Å². The molecule has 0 saturated carbocycles. The second-order valence-corrected chi connectivity index (χ2v) is 8.51. The largest absolute Gasteiger partial charge is 0.489 e. The van der Waals surface area contributed by atoms with Gasteiger partial charge in [0.1, 0.15) is 12.4 Å². The van der Waals surface area contributed by atoms with E-state index in [1.165, 1.54) is 11.9 Å². The number of likely N-dealkylation sites (tertiary alicyclic amines) is 1. The first-order valence-corrected chi connectivity index (χ1v) is 10.6. The molecule has 0 N–H and O–H groups in total. The molecule has 1 aliphatic rings. The number of hydrogen-bond donors (Lipinski definition) is 0. The third-order valence-corrected chi connectivity index (χ3v) is 5.87. The van der Waals surface area contributed by atoms with Crippen LogP contribution in [0.25, 0.3) is 0 Å². The van der Waals surface area contributed by atoms with E-state index < -0.39 is 12.6 Å². The molecule has 0 aliphatic carbocycles. The molecule has 0 spiro atoms. The van der Waals surface area contributed by atoms with E-state index in [1.807, 2.05) is 30.3 Å². The van der Waals surface area contributed by atoms with Crippen LogP contribution in [0, 0.1) is 5.92 Å². The molecule has 3 rings (SSSR count). The topological polar surface area (TPSA) is 32.8 Å². The molecule has 0 atom stereocenters. The van der Waals surface area contributed by atoms with Crippen molar-refractivity contribution >= 4 is 29.1 Å². The average Bonchev–Trinajstić information content (AvgIpc) is 2.69. The van der Waals surface area contributed by atoms with Gasteiger partial charge >= 0.3 is 6.18 Å². The Hall–Kier alpha value is -1.96. The second kappa shape index (κ2) is 10.1. The maximum atomic E-state index is 12.3. The number of alkyl halides is 3. The lowest BCUT2D eigenvalue weighted by atomic mass is 9.97. The lowest BCUT2D eigenvalue weighted by Gasteiger charge is -2.40. The lowest BCUT2D eigenvalue weighted by Crippen LogP contribution is -2.53. The van der Waals surface area contributed by atoms with E-state index in [4.69, 9.17) is 27.9 Å². The Morgan fingerprint density at radius 2 is 1.74 bits per heavy atom. The van der Waals surface area contributed by atoms with Gasteiger partial charge in [-0.25, -0.2) is 0 Å². The average molecular weight is 475 g/mol. The molecule has 1 saturated heterocycles. The van der Waals surface area contributed by atoms with Gasteiger partial charge in [-0.2, -0.15) is 13.2 Å². The molecule has 0 aromatic heterocycles. The SMILES string of the molecule is CN(CCC(F)(F)F)C(=O)C1CN(Cc2ccc(OCc3ccc(Cl)c(Cl)c3)cc2)C1. The first-order chi connectivity index (χ1) is 14.6. The summed E-state index contributed by atoms with van der Waals surface area (Å²) in [6.45, 7) is 1.83. The number of hydrogen-bond acceptors (Lipinski definition) is 3. The van der Waals surface area contributed by atoms with Crippen molar-refractivity contribution in [2.45, 2.75) is 25.7 Å². The highest BCUT2D eigenvalue weighted by Crippen LogP contribution is 2.25. The summed E-state index contributed by atoms with van der Waals surface area (Å²) >= 11 is 11.9. The fourth-order valence-corrected chi connectivity index (χ4v) is 3.64. The van der Waals surface area contributed by atoms with Gasteiger partial charge in [-0.1, -0.05) is 41.4 Å². The number of nitrogens with zero attached hydrogens (tertiary/aromatic N) is 2. The fraction of sp³-hybridized carbons (Fsp3) is 0.409. The Bertz CT molecular complexity index is 901. The molecule has 1 heterocycles. The van der Waals surface area contributed by atoms with Gasteiger partial charge in [0, 0.05) is 33.2 Å². The summed E-state index contributed by atoms with van der Waals surface area (Å²) < 4.78 is 42.7. The standard InChI is InChI=1S/C22H23Cl2F3N2O2/c1-28(9-8-22(25,26)27)21(30)17-12-29(13-17)11-15-2-5-18(6-3-15)31-14-16-4-7-19(23)20(24)10-16/h2-7,10,17H,8-9,11-14H2,1H3. The summed E-state index contributed by atoms with van der Waals surface area (Å²) in [5, 5.41) is 0.980. The highest BCUT2D eigenvalue weighted by atomic mass is 35.5. The highest BCUT2D eigenvalue weighted by Gasteiger charge is 2.35. The first-order valence-electron chi connectivity index (χ1n) is 9.80. The molecule has 1 aliphatic heterocycles. The molecule has 2 aromatic rings. The molecule has 9 heteroatoms. The van der Waals surface area contributed by atoms with Crippen LogP contribution in [0.2, 0.25) is 10.0 Å². The van der Waals surface area contributed by atoms with Crippen molar-refractivity contribution in [1.29, 1.82) is 0 Å². The molecule has 0 radical (unpaired) electrons. The van der Waals surface area contributed by atoms with Gasteiger partial charge in [0.2, 0.25) is 5.91 Å². The van der Waals surface area contributed by atoms with Gasteiger partial charge in [0.05, 0.1) is 22.4 Å². The number of carbonyl (C=O) groups excluding carboxylic acids is 1. The van der Waals surface area contributed by atoms with E-state index in [-0.39, 0.29) is 18.4 Å². The van der Waals surface area contributed by atoms with Crippen LogP contribution in [-0.2, 0) is 17.9 Å². The van der Waals surface area contributed by atoms with Crippen LogP contribution in [0.1, 0.15) is 17.5 Å². The summed E-state index contributed by atoms with van der Waals surface area (Å²) in [6, 6.07) is 13.0. The lowest BCUT2D eigenvalue weighted by molar-refractivity contribution is -0.149. The van der Waals surface area contributed by atoms with Crippen molar-refractivity contribution in [2.24, 2.45) is 5.92 Å². The summed E-state index contributed by atoms with van der Waals surface area (Å²) in [5.41, 5.74) is 1.98. The Kier molecular flexibility index (Phi) is 7.73. The van der Waals surface area contributed by atoms with E-state index >= 15 is 0 Å². The monoisotopic (exact) mass is 474 g/mol. The summed E-state index contributed by atoms with van der Waals surface area (Å²) in [5.74, 6) is 0.247. The Morgan fingerprint density at radius 3 is 2.35 bits per heavy atom. The first kappa shape index (κ1) is 23.7. The van der Waals surface area contributed by atoms with Crippen molar-refractivity contribution in [3.05, 3.63) is 63.6 Å². The van der Waals surface area contributed by atoms with Crippen molar-refractivity contribution in [3.63, 3.8) is 0 Å². The highest BCUT2D eigenvalue weighted by molar-refractivity contribution is 6.42. The number of rotatable bonds is 8. The van der Waals surface area contributed by atoms with Crippen LogP contribution in [0.5, 0.6) is 5.75 Å². The number of amides is 1. The number of carbonyl (C=O) groups is 1. The van der Waals surface area contributed by atoms with E-state index in [9.17, 15) is 18.0 Å². The number of benzene rings is 2. The number of halogens is 5. The van der Waals surface area contributed by atoms with Crippen LogP contribution < -0.4 is 4.74 Å². The summed E-state index contributed by atoms with van der Waals surface area (Å²) in [4.78, 5) is 15.5. The predicted molar refractivity (Wildman–Crippen MR) is 114 cm³/mol. The van der Waals surface area contributed by atoms with Crippen molar-refractivity contribution < 1.29 is 22.7 Å². The van der Waals surface area contributed by atoms with E-state index in [0.717, 1.165) is 16.9 Å². The molecular formula is C22H23Cl2F3N2O2. The molecule has 168 valence electrons. The summed E-state index contributed by atoms with van der Waals surface area (Å²) in [7, 11) is 1.42. The molecule has 0 unspecified atom stereocenters. The van der Waals surface area contributed by atoms with Crippen molar-refractivity contribution in [2.75, 3.05) is 26.7 Å². The van der Waals surface area contributed by atoms with Gasteiger partial charge in [-0.3, -0.25) is 9.69 Å². The Labute approximate surface area is 189 Å². The normalized spacial score (nSPS) is 14.9. The smallest absolute Gasteiger partial charge is 0.390 e. The van der Waals surface area contributed by atoms with Gasteiger partial charge in [0.25, 0.3) is 0 Å². The molecule has 2 aromatic carbocycles. The zero-order chi connectivity index (χ0) is 22.6. The minimum absolute atomic E-state index is 0.230. The maximum Gasteiger partial charge on any atom is 0.390 e. The third kappa shape index (κ3) is 7.02. The van der Waals surface area contributed by atoms with Crippen LogP contribution >= 0.6 is 23.2 Å². The third-order valence-electron chi connectivity index (χ3n) is 5.13. The van der Waals surface area contributed by atoms with E-state index in [0.29, 0.717) is 36.3 Å². The zero-order valence-corrected chi connectivity index (χ0v) is 18.5. The Balaban J connectivity index is 1.41. The molecule has 1 fully saturated rings. The van der Waals surface area contributed by atoms with Gasteiger partial charge < -0.3 is 9.64 Å². The molecule has 31 heavy (non-hydrogen) atoms. The quantitative estimate of drug-likeness (QED) is 0.512. The fourth-order valence-electron chi connectivity index (χ4n) is 3.32. The zero-order valence-electron chi connectivity index (χ0n) is 17.0. The minimum atomic E-state index is -4.25. The maximum absolute atomic E-state index is 12.3. The van der Waals surface area contributed by atoms with Crippen LogP contribution in [0.4, 0.5) is 13.2 Å². The molecule has 1 amide bonds. The van der Waals surface area contributed by atoms with Crippen LogP contribution in [0.15, 0.2) is 42.5 Å². The summed E-state index contributed by atoms with van der Waals surface area (Å²) in [6.07, 6.45) is -5.23. The van der Waals surface area contributed by atoms with Crippen LogP contribution in [-0.4, -0.2) is 48.6 Å². The number of ether oxygens (including phenoxy) is 1. The van der Waals surface area contributed by atoms with E-state index in [1.54, 1.807) is 12.1 Å². The predicted octanol–water partition coefficient (Wildman–Crippen LogP) is 5.42.